The Labute approximate surface area is 308 Å². The third-order valence-electron chi connectivity index (χ3n) is 4.27. The van der Waals surface area contributed by atoms with Crippen molar-refractivity contribution in [1.29, 1.82) is 0 Å². The highest BCUT2D eigenvalue weighted by molar-refractivity contribution is 8.74. The van der Waals surface area contributed by atoms with Gasteiger partial charge in [-0.25, -0.2) is 0 Å². The molecular formula is C22H84P20. The van der Waals surface area contributed by atoms with Crippen LogP contribution in [0.4, 0.5) is 0 Å². The molecule has 0 aromatic carbocycles. The maximum Gasteiger partial charge on any atom is -0.00364 e. The van der Waals surface area contributed by atoms with Crippen LogP contribution >= 0.6 is 164 Å². The van der Waals surface area contributed by atoms with Crippen LogP contribution in [0.5, 0.6) is 0 Å². The van der Waals surface area contributed by atoms with Crippen molar-refractivity contribution >= 4 is 164 Å². The summed E-state index contributed by atoms with van der Waals surface area (Å²) in [6.45, 7) is 9.86. The van der Waals surface area contributed by atoms with E-state index in [0.717, 1.165) is 15.9 Å². The molecule has 0 aliphatic rings. The van der Waals surface area contributed by atoms with Gasteiger partial charge in [-0.1, -0.05) is 135 Å². The van der Waals surface area contributed by atoms with E-state index in [1.165, 1.54) is 65.9 Å². The normalized spacial score (nSPS) is 15.0. The van der Waals surface area contributed by atoms with Crippen molar-refractivity contribution in [3.05, 3.63) is 0 Å². The second kappa shape index (κ2) is 53.9. The first-order valence-corrected chi connectivity index (χ1v) is 45.6. The van der Waals surface area contributed by atoms with Crippen LogP contribution in [0, 0.1) is 0 Å². The molecule has 0 rings (SSSR count). The van der Waals surface area contributed by atoms with E-state index in [0.29, 0.717) is 30.4 Å². The van der Waals surface area contributed by atoms with Crippen molar-refractivity contribution in [1.82, 2.24) is 0 Å². The molecule has 272 valence electrons. The number of hydrogen-bond acceptors (Lipinski definition) is 0. The van der Waals surface area contributed by atoms with E-state index in [1.54, 1.807) is 11.8 Å². The molecular weight excluding hydrogens is 884 g/mol. The van der Waals surface area contributed by atoms with E-state index in [2.05, 4.69) is 98.6 Å². The summed E-state index contributed by atoms with van der Waals surface area (Å²) in [6, 6.07) is 0. The molecule has 18 atom stereocenters. The summed E-state index contributed by atoms with van der Waals surface area (Å²) in [7, 11) is 30.9. The molecule has 0 aliphatic heterocycles. The van der Waals surface area contributed by atoms with Crippen molar-refractivity contribution in [2.75, 3.05) is 73.9 Å². The molecule has 0 radical (unpaired) electrons. The van der Waals surface area contributed by atoms with Crippen LogP contribution in [0.2, 0.25) is 0 Å². The zero-order chi connectivity index (χ0) is 26.5. The summed E-state index contributed by atoms with van der Waals surface area (Å²) in [5.74, 6) is 6.10. The van der Waals surface area contributed by atoms with Gasteiger partial charge in [0.05, 0.1) is 0 Å². The predicted molar refractivity (Wildman–Crippen MR) is 292 cm³/mol. The van der Waals surface area contributed by atoms with Gasteiger partial charge in [-0.2, -0.15) is 0 Å². The van der Waals surface area contributed by atoms with Gasteiger partial charge >= 0.3 is 0 Å². The Morgan fingerprint density at radius 1 is 0.500 bits per heavy atom. The standard InChI is InChI=1S/2C7H26P10.8CH4/c2*1-3-15(13-8)7-16(17(10)11)5-4-12-6-14(2)9;;;;;;;;/h2*12-13H,3-11H2,1-2H3;8*1H4. The van der Waals surface area contributed by atoms with E-state index >= 15 is 0 Å². The Balaban J connectivity index is -0.0000000512. The van der Waals surface area contributed by atoms with Gasteiger partial charge < -0.3 is 0 Å². The van der Waals surface area contributed by atoms with Crippen LogP contribution in [0.3, 0.4) is 0 Å². The summed E-state index contributed by atoms with van der Waals surface area (Å²) >= 11 is 0. The van der Waals surface area contributed by atoms with Gasteiger partial charge in [0.25, 0.3) is 0 Å². The van der Waals surface area contributed by atoms with Gasteiger partial charge in [-0.3, -0.25) is 0 Å². The molecule has 0 nitrogen and oxygen atoms in total. The second-order valence-electron chi connectivity index (χ2n) is 7.30. The van der Waals surface area contributed by atoms with Crippen LogP contribution in [-0.4, -0.2) is 73.9 Å². The Bertz CT molecular complexity index is 387. The highest BCUT2D eigenvalue weighted by atomic mass is 32.7. The molecule has 0 aromatic rings. The monoisotopic (exact) mass is 968 g/mol. The smallest absolute Gasteiger partial charge is 0.00364 e. The average Bonchev–Trinajstić information content (AvgIpc) is 2.78. The molecule has 0 amide bonds. The Hall–Kier alpha value is 8.60. The molecule has 0 heterocycles. The highest BCUT2D eigenvalue weighted by Gasteiger charge is 2.17. The largest absolute Gasteiger partial charge is 0.117 e. The van der Waals surface area contributed by atoms with E-state index < -0.39 is 0 Å². The predicted octanol–water partition coefficient (Wildman–Crippen LogP) is 18.7. The summed E-state index contributed by atoms with van der Waals surface area (Å²) in [5, 5.41) is 0. The third-order valence-corrected chi connectivity index (χ3v) is 58.1. The average molecular weight is 968 g/mol. The Morgan fingerprint density at radius 3 is 0.929 bits per heavy atom. The van der Waals surface area contributed by atoms with Gasteiger partial charge in [-0.15, -0.1) is 88.6 Å². The first kappa shape index (κ1) is 75.5. The van der Waals surface area contributed by atoms with Crippen molar-refractivity contribution in [3.63, 3.8) is 0 Å². The Morgan fingerprint density at radius 2 is 0.762 bits per heavy atom. The zero-order valence-electron chi connectivity index (χ0n) is 21.3. The lowest BCUT2D eigenvalue weighted by Crippen LogP contribution is -1.88. The fourth-order valence-electron chi connectivity index (χ4n) is 2.30. The minimum atomic E-state index is 0. The van der Waals surface area contributed by atoms with Crippen LogP contribution < -0.4 is 0 Å². The first-order chi connectivity index (χ1) is 16.0. The highest BCUT2D eigenvalue weighted by Crippen LogP contribution is 2.84. The third kappa shape index (κ3) is 50.7. The van der Waals surface area contributed by atoms with Crippen molar-refractivity contribution in [3.8, 4) is 0 Å². The molecule has 0 N–H and O–H groups in total. The fraction of sp³-hybridized carbons (Fsp3) is 1.00. The molecule has 0 saturated heterocycles. The molecule has 18 unspecified atom stereocenters. The van der Waals surface area contributed by atoms with E-state index in [9.17, 15) is 0 Å². The van der Waals surface area contributed by atoms with Crippen LogP contribution in [0.1, 0.15) is 73.3 Å². The minimum absolute atomic E-state index is 0. The summed E-state index contributed by atoms with van der Waals surface area (Å²) in [4.78, 5) is 0. The molecule has 0 aromatic heterocycles. The van der Waals surface area contributed by atoms with Gasteiger partial charge in [0, 0.05) is 0 Å². The molecule has 0 aliphatic carbocycles. The summed E-state index contributed by atoms with van der Waals surface area (Å²) < 4.78 is 0. The SMILES string of the molecule is C.C.C.C.C.C.C.C.CCP(CP(CCPCP(C)P)P(P)P)PP.CCP(CP(CCPCP(C)P)P(P)P)PP. The molecule has 0 saturated carbocycles. The minimum Gasteiger partial charge on any atom is -0.117 e. The molecule has 42 heavy (non-hydrogen) atoms. The summed E-state index contributed by atoms with van der Waals surface area (Å²) in [5.41, 5.74) is 0. The van der Waals surface area contributed by atoms with Crippen LogP contribution in [0.25, 0.3) is 0 Å². The lowest BCUT2D eigenvalue weighted by atomic mass is 11.0. The van der Waals surface area contributed by atoms with Gasteiger partial charge in [0.2, 0.25) is 0 Å². The zero-order valence-corrected chi connectivity index (χ0v) is 41.7. The lowest BCUT2D eigenvalue weighted by Gasteiger charge is -2.26. The van der Waals surface area contributed by atoms with Gasteiger partial charge in [0.15, 0.2) is 0 Å². The van der Waals surface area contributed by atoms with E-state index in [-0.39, 0.29) is 88.6 Å². The summed E-state index contributed by atoms with van der Waals surface area (Å²) in [6.07, 6.45) is 8.94. The maximum atomic E-state index is 3.10. The topological polar surface area (TPSA) is 0 Å². The molecule has 0 fully saturated rings. The maximum absolute atomic E-state index is 3.10. The lowest BCUT2D eigenvalue weighted by molar-refractivity contribution is 1.50. The fourth-order valence-corrected chi connectivity index (χ4v) is 56.7. The van der Waals surface area contributed by atoms with Crippen molar-refractivity contribution < 1.29 is 0 Å². The van der Waals surface area contributed by atoms with Gasteiger partial charge in [0.1, 0.15) is 0 Å². The van der Waals surface area contributed by atoms with Gasteiger partial charge in [-0.05, 0) is 87.9 Å². The number of hydrogen-bond donors (Lipinski definition) is 0. The molecule has 20 heteroatoms. The molecule has 0 spiro atoms. The van der Waals surface area contributed by atoms with Crippen molar-refractivity contribution in [2.24, 2.45) is 0 Å². The van der Waals surface area contributed by atoms with Crippen LogP contribution in [0.15, 0.2) is 0 Å². The van der Waals surface area contributed by atoms with E-state index in [4.69, 9.17) is 0 Å². The first-order valence-electron chi connectivity index (χ1n) is 10.9. The van der Waals surface area contributed by atoms with E-state index in [1.807, 2.05) is 0 Å². The Kier molecular flexibility index (Phi) is 97.0. The van der Waals surface area contributed by atoms with Crippen LogP contribution in [-0.2, 0) is 0 Å². The van der Waals surface area contributed by atoms with Crippen molar-refractivity contribution in [2.45, 2.75) is 73.3 Å². The quantitative estimate of drug-likeness (QED) is 0.0842. The molecule has 0 bridgehead atoms. The number of rotatable bonds is 20. The second-order valence-corrected chi connectivity index (χ2v) is 62.4.